The van der Waals surface area contributed by atoms with Gasteiger partial charge in [-0.3, -0.25) is 4.99 Å². The van der Waals surface area contributed by atoms with E-state index in [2.05, 4.69) is 14.8 Å². The molecule has 1 saturated heterocycles. The molecule has 42 heavy (non-hydrogen) atoms. The number of sulfonamides is 1. The highest BCUT2D eigenvalue weighted by Crippen LogP contribution is 2.46. The predicted molar refractivity (Wildman–Crippen MR) is 145 cm³/mol. The van der Waals surface area contributed by atoms with Crippen molar-refractivity contribution in [2.45, 2.75) is 29.9 Å². The first-order valence-electron chi connectivity index (χ1n) is 12.3. The first kappa shape index (κ1) is 28.5. The highest BCUT2D eigenvalue weighted by molar-refractivity contribution is 7.89. The van der Waals surface area contributed by atoms with E-state index in [-0.39, 0.29) is 23.7 Å². The van der Waals surface area contributed by atoms with E-state index < -0.39 is 51.0 Å². The first-order chi connectivity index (χ1) is 20.0. The van der Waals surface area contributed by atoms with Crippen molar-refractivity contribution in [3.8, 4) is 0 Å². The molecule has 6 rings (SSSR count). The van der Waals surface area contributed by atoms with Gasteiger partial charge in [-0.15, -0.1) is 11.3 Å². The molecule has 4 heterocycles. The number of amidine groups is 1. The van der Waals surface area contributed by atoms with Crippen LogP contribution in [0.25, 0.3) is 5.57 Å². The summed E-state index contributed by atoms with van der Waals surface area (Å²) in [6.07, 6.45) is 2.70. The maximum Gasteiger partial charge on any atom is 0.333 e. The van der Waals surface area contributed by atoms with Crippen LogP contribution in [0.15, 0.2) is 75.8 Å². The monoisotopic (exact) mass is 640 g/mol. The van der Waals surface area contributed by atoms with Crippen LogP contribution in [0.3, 0.4) is 0 Å². The summed E-state index contributed by atoms with van der Waals surface area (Å²) in [7, 11) is -4.30. The molecular weight excluding hydrogens is 623 g/mol. The fourth-order valence-electron chi connectivity index (χ4n) is 4.96. The van der Waals surface area contributed by atoms with Crippen LogP contribution in [0.2, 0.25) is 5.02 Å². The van der Waals surface area contributed by atoms with Gasteiger partial charge in [-0.1, -0.05) is 17.7 Å². The molecule has 2 aliphatic rings. The molecule has 1 N–H and O–H groups in total. The molecule has 8 nitrogen and oxygen atoms in total. The zero-order chi connectivity index (χ0) is 29.8. The lowest BCUT2D eigenvalue weighted by Crippen LogP contribution is -2.39. The molecular formula is C26H18ClF5N6O2S2. The van der Waals surface area contributed by atoms with E-state index in [1.165, 1.54) is 29.5 Å². The van der Waals surface area contributed by atoms with E-state index in [9.17, 15) is 30.4 Å². The summed E-state index contributed by atoms with van der Waals surface area (Å²) < 4.78 is 97.5. The van der Waals surface area contributed by atoms with Crippen LogP contribution in [-0.4, -0.2) is 46.5 Å². The average molecular weight is 641 g/mol. The second-order valence-corrected chi connectivity index (χ2v) is 12.4. The molecule has 0 bridgehead atoms. The van der Waals surface area contributed by atoms with Gasteiger partial charge < -0.3 is 4.90 Å². The van der Waals surface area contributed by atoms with Crippen molar-refractivity contribution in [2.75, 3.05) is 6.54 Å². The molecule has 0 aliphatic carbocycles. The topological polar surface area (TPSA) is 92.5 Å². The lowest BCUT2D eigenvalue weighted by atomic mass is 9.92. The van der Waals surface area contributed by atoms with Gasteiger partial charge in [-0.2, -0.15) is 13.9 Å². The van der Waals surface area contributed by atoms with Gasteiger partial charge in [0.25, 0.3) is 0 Å². The van der Waals surface area contributed by atoms with Gasteiger partial charge >= 0.3 is 6.55 Å². The first-order valence-corrected chi connectivity index (χ1v) is 15.0. The van der Waals surface area contributed by atoms with Crippen molar-refractivity contribution >= 4 is 44.4 Å². The molecule has 218 valence electrons. The van der Waals surface area contributed by atoms with Crippen LogP contribution in [-0.2, 0) is 10.0 Å². The highest BCUT2D eigenvalue weighted by Gasteiger charge is 2.42. The van der Waals surface area contributed by atoms with E-state index in [4.69, 9.17) is 16.6 Å². The number of alkyl halides is 2. The van der Waals surface area contributed by atoms with Gasteiger partial charge in [0.15, 0.2) is 22.5 Å². The van der Waals surface area contributed by atoms with E-state index in [1.54, 1.807) is 16.5 Å². The van der Waals surface area contributed by atoms with Crippen LogP contribution in [0.1, 0.15) is 35.3 Å². The summed E-state index contributed by atoms with van der Waals surface area (Å²) >= 11 is 7.71. The minimum absolute atomic E-state index is 0.0377. The van der Waals surface area contributed by atoms with Gasteiger partial charge in [0.05, 0.1) is 10.6 Å². The normalized spacial score (nSPS) is 19.0. The van der Waals surface area contributed by atoms with Gasteiger partial charge in [-0.05, 0) is 36.4 Å². The molecule has 2 aliphatic heterocycles. The lowest BCUT2D eigenvalue weighted by Gasteiger charge is -2.32. The van der Waals surface area contributed by atoms with Crippen molar-refractivity contribution in [3.05, 3.63) is 105 Å². The summed E-state index contributed by atoms with van der Waals surface area (Å²) in [4.78, 5) is 10.5. The molecule has 0 amide bonds. The minimum Gasteiger partial charge on any atom is -0.326 e. The number of fused-ring (bicyclic) bond motifs is 1. The Bertz CT molecular complexity index is 1850. The Morgan fingerprint density at radius 2 is 1.88 bits per heavy atom. The number of hydrogen-bond donors (Lipinski definition) is 1. The Kier molecular flexibility index (Phi) is 7.37. The second kappa shape index (κ2) is 10.9. The molecule has 0 radical (unpaired) electrons. The number of aromatic nitrogens is 3. The van der Waals surface area contributed by atoms with E-state index in [0.29, 0.717) is 44.5 Å². The predicted octanol–water partition coefficient (Wildman–Crippen LogP) is 5.77. The van der Waals surface area contributed by atoms with Crippen LogP contribution in [0.5, 0.6) is 0 Å². The SMILES string of the molecule is O=S(=O)(N[C@H]1CC2=C(c3ccn(C(F)F)n3)[C@H](c3ccc(F)cc3Cl)N=C(c3nccs3)N2C1)c1ccc(F)c(F)c1. The van der Waals surface area contributed by atoms with Crippen molar-refractivity contribution in [2.24, 2.45) is 4.99 Å². The number of thiazole rings is 1. The third-order valence-corrected chi connectivity index (χ3v) is 9.36. The van der Waals surface area contributed by atoms with Gasteiger partial charge in [-0.25, -0.2) is 36.0 Å². The second-order valence-electron chi connectivity index (χ2n) is 9.39. The van der Waals surface area contributed by atoms with E-state index >= 15 is 0 Å². The Balaban J connectivity index is 1.48. The van der Waals surface area contributed by atoms with Gasteiger partial charge in [0.2, 0.25) is 10.0 Å². The number of halogens is 6. The third-order valence-electron chi connectivity index (χ3n) is 6.75. The summed E-state index contributed by atoms with van der Waals surface area (Å²) in [5.41, 5.74) is 1.36. The summed E-state index contributed by atoms with van der Waals surface area (Å²) in [5.74, 6) is -2.75. The highest BCUT2D eigenvalue weighted by atomic mass is 35.5. The maximum absolute atomic E-state index is 14.0. The smallest absolute Gasteiger partial charge is 0.326 e. The Morgan fingerprint density at radius 1 is 1.07 bits per heavy atom. The van der Waals surface area contributed by atoms with Crippen molar-refractivity contribution in [1.82, 2.24) is 24.4 Å². The number of rotatable bonds is 7. The summed E-state index contributed by atoms with van der Waals surface area (Å²) in [6, 6.07) is 5.60. The van der Waals surface area contributed by atoms with Crippen molar-refractivity contribution in [1.29, 1.82) is 0 Å². The zero-order valence-electron chi connectivity index (χ0n) is 21.1. The quantitative estimate of drug-likeness (QED) is 0.259. The van der Waals surface area contributed by atoms with E-state index in [0.717, 1.165) is 18.3 Å². The molecule has 1 fully saturated rings. The number of nitrogens with one attached hydrogen (secondary N) is 1. The van der Waals surface area contributed by atoms with Crippen molar-refractivity contribution < 1.29 is 30.4 Å². The van der Waals surface area contributed by atoms with Crippen LogP contribution in [0.4, 0.5) is 22.0 Å². The Morgan fingerprint density at radius 3 is 2.55 bits per heavy atom. The molecule has 2 aromatic heterocycles. The molecule has 0 saturated carbocycles. The van der Waals surface area contributed by atoms with Crippen LogP contribution in [0, 0.1) is 17.5 Å². The lowest BCUT2D eigenvalue weighted by molar-refractivity contribution is 0.0564. The number of nitrogens with zero attached hydrogens (tertiary/aromatic N) is 5. The standard InChI is InChI=1S/C26H18ClF5N6O2S2/c27-17-9-13(28)1-3-16(17)23-22(20-5-7-38(35-20)26(31)32)21-10-14(12-37(21)24(34-23)25-33-6-8-41-25)36-42(39,40)15-2-4-18(29)19(30)11-15/h1-9,11,14,23,26,36H,10,12H2/t14-,23-/m0/s1. The minimum atomic E-state index is -4.30. The van der Waals surface area contributed by atoms with Crippen LogP contribution >= 0.6 is 22.9 Å². The fraction of sp³-hybridized carbons (Fsp3) is 0.192. The third kappa shape index (κ3) is 5.21. The number of hydrogen-bond acceptors (Lipinski definition) is 7. The van der Waals surface area contributed by atoms with Gasteiger partial charge in [0, 0.05) is 58.6 Å². The zero-order valence-corrected chi connectivity index (χ0v) is 23.4. The summed E-state index contributed by atoms with van der Waals surface area (Å²) in [5, 5.41) is 6.28. The molecule has 0 unspecified atom stereocenters. The summed E-state index contributed by atoms with van der Waals surface area (Å²) in [6.45, 7) is -2.88. The maximum atomic E-state index is 14.0. The average Bonchev–Trinajstić information content (AvgIpc) is 3.70. The van der Waals surface area contributed by atoms with Crippen LogP contribution < -0.4 is 4.72 Å². The molecule has 4 aromatic rings. The molecule has 2 atom stereocenters. The number of benzene rings is 2. The number of aliphatic imine (C=N–C) groups is 1. The molecule has 2 aromatic carbocycles. The fourth-order valence-corrected chi connectivity index (χ4v) is 7.11. The van der Waals surface area contributed by atoms with Gasteiger partial charge in [0.1, 0.15) is 11.9 Å². The largest absolute Gasteiger partial charge is 0.333 e. The van der Waals surface area contributed by atoms with Crippen molar-refractivity contribution in [3.63, 3.8) is 0 Å². The van der Waals surface area contributed by atoms with E-state index in [1.807, 2.05) is 0 Å². The molecule has 16 heteroatoms. The Hall–Kier alpha value is -3.66. The Labute approximate surface area is 244 Å². The molecule has 0 spiro atoms.